The molecule has 4 aromatic heterocycles. The number of aromatic nitrogens is 5. The molecule has 1 aliphatic rings. The number of hydrogen-bond donors (Lipinski definition) is 2. The smallest absolute Gasteiger partial charge is 0.270 e. The maximum atomic E-state index is 13.4. The van der Waals surface area contributed by atoms with E-state index in [1.54, 1.807) is 17.2 Å². The third-order valence-electron chi connectivity index (χ3n) is 7.25. The van der Waals surface area contributed by atoms with E-state index in [2.05, 4.69) is 25.3 Å². The number of likely N-dealkylation sites (tertiary alicyclic amines) is 1. The maximum Gasteiger partial charge on any atom is 0.270 e. The van der Waals surface area contributed by atoms with Crippen LogP contribution in [0.4, 0.5) is 0 Å². The molecule has 1 atom stereocenters. The molecule has 1 unspecified atom stereocenters. The van der Waals surface area contributed by atoms with Gasteiger partial charge in [0.25, 0.3) is 11.8 Å². The van der Waals surface area contributed by atoms with Crippen LogP contribution < -0.4 is 5.32 Å². The number of hydrogen-bond acceptors (Lipinski definition) is 5. The summed E-state index contributed by atoms with van der Waals surface area (Å²) in [6, 6.07) is 24.5. The van der Waals surface area contributed by atoms with Crippen LogP contribution in [-0.4, -0.2) is 60.2 Å². The average molecular weight is 528 g/mol. The zero-order chi connectivity index (χ0) is 27.1. The fourth-order valence-electron chi connectivity index (χ4n) is 5.24. The second-order valence-corrected chi connectivity index (χ2v) is 9.89. The molecule has 6 aromatic rings. The lowest BCUT2D eigenvalue weighted by atomic mass is 10.1. The number of aromatic amines is 1. The summed E-state index contributed by atoms with van der Waals surface area (Å²) in [5.74, 6) is 0.237. The molecule has 1 fully saturated rings. The van der Waals surface area contributed by atoms with Crippen LogP contribution in [0.15, 0.2) is 97.5 Å². The molecule has 1 saturated heterocycles. The predicted octanol–water partition coefficient (Wildman–Crippen LogP) is 4.58. The van der Waals surface area contributed by atoms with Gasteiger partial charge in [0.15, 0.2) is 0 Å². The van der Waals surface area contributed by atoms with E-state index in [1.807, 2.05) is 89.6 Å². The van der Waals surface area contributed by atoms with Gasteiger partial charge in [-0.05, 0) is 55.0 Å². The Hall–Kier alpha value is -5.31. The van der Waals surface area contributed by atoms with E-state index in [1.165, 1.54) is 0 Å². The molecule has 0 spiro atoms. The van der Waals surface area contributed by atoms with Crippen LogP contribution in [0.3, 0.4) is 0 Å². The van der Waals surface area contributed by atoms with Gasteiger partial charge in [-0.3, -0.25) is 14.6 Å². The van der Waals surface area contributed by atoms with Gasteiger partial charge in [0, 0.05) is 54.4 Å². The van der Waals surface area contributed by atoms with Crippen molar-refractivity contribution < 1.29 is 9.59 Å². The first-order chi connectivity index (χ1) is 19.6. The van der Waals surface area contributed by atoms with Crippen molar-refractivity contribution in [1.29, 1.82) is 0 Å². The van der Waals surface area contributed by atoms with E-state index >= 15 is 0 Å². The molecular formula is C31H25N7O2. The Morgan fingerprint density at radius 2 is 1.85 bits per heavy atom. The molecule has 0 bridgehead atoms. The molecule has 9 heteroatoms. The van der Waals surface area contributed by atoms with Crippen LogP contribution in [0.5, 0.6) is 0 Å². The summed E-state index contributed by atoms with van der Waals surface area (Å²) >= 11 is 0. The third-order valence-corrected chi connectivity index (χ3v) is 7.25. The van der Waals surface area contributed by atoms with Gasteiger partial charge in [0.1, 0.15) is 17.2 Å². The Morgan fingerprint density at radius 1 is 0.950 bits per heavy atom. The topological polar surface area (TPSA) is 108 Å². The quantitative estimate of drug-likeness (QED) is 0.341. The lowest BCUT2D eigenvalue weighted by Gasteiger charge is -2.18. The number of pyridine rings is 2. The molecule has 0 aliphatic carbocycles. The number of benzene rings is 2. The third kappa shape index (κ3) is 4.37. The SMILES string of the molecule is O=C(NC1CCN(C(=O)c2cccc(-c3cn4ccccc4n3)c2)C1)c1ncccc1-c1nc2ccccc2[nH]1. The number of carbonyl (C=O) groups is 2. The minimum Gasteiger partial charge on any atom is -0.346 e. The second kappa shape index (κ2) is 9.77. The predicted molar refractivity (Wildman–Crippen MR) is 152 cm³/mol. The van der Waals surface area contributed by atoms with Crippen molar-refractivity contribution in [2.45, 2.75) is 12.5 Å². The molecule has 7 rings (SSSR count). The van der Waals surface area contributed by atoms with Crippen LogP contribution >= 0.6 is 0 Å². The van der Waals surface area contributed by atoms with Crippen LogP contribution in [0.25, 0.3) is 39.3 Å². The molecule has 0 radical (unpaired) electrons. The molecule has 40 heavy (non-hydrogen) atoms. The summed E-state index contributed by atoms with van der Waals surface area (Å²) in [5.41, 5.74) is 5.78. The molecule has 196 valence electrons. The summed E-state index contributed by atoms with van der Waals surface area (Å²) in [4.78, 5) is 45.4. The number of para-hydroxylation sites is 2. The first-order valence-corrected chi connectivity index (χ1v) is 13.2. The zero-order valence-electron chi connectivity index (χ0n) is 21.5. The number of imidazole rings is 2. The Balaban J connectivity index is 1.06. The van der Waals surface area contributed by atoms with Crippen LogP contribution in [-0.2, 0) is 0 Å². The molecule has 1 aliphatic heterocycles. The molecule has 9 nitrogen and oxygen atoms in total. The normalized spacial score (nSPS) is 15.1. The van der Waals surface area contributed by atoms with Crippen LogP contribution in [0, 0.1) is 0 Å². The number of amides is 2. The van der Waals surface area contributed by atoms with E-state index in [9.17, 15) is 9.59 Å². The van der Waals surface area contributed by atoms with Crippen molar-refractivity contribution in [2.24, 2.45) is 0 Å². The molecule has 0 saturated carbocycles. The number of nitrogens with one attached hydrogen (secondary N) is 2. The lowest BCUT2D eigenvalue weighted by molar-refractivity contribution is 0.0783. The highest BCUT2D eigenvalue weighted by Gasteiger charge is 2.29. The Labute approximate surface area is 229 Å². The van der Waals surface area contributed by atoms with E-state index < -0.39 is 0 Å². The van der Waals surface area contributed by atoms with Crippen LogP contribution in [0.2, 0.25) is 0 Å². The molecular weight excluding hydrogens is 502 g/mol. The van der Waals surface area contributed by atoms with Crippen molar-refractivity contribution in [3.8, 4) is 22.6 Å². The summed E-state index contributed by atoms with van der Waals surface area (Å²) in [5, 5.41) is 3.08. The van der Waals surface area contributed by atoms with Crippen molar-refractivity contribution in [1.82, 2.24) is 34.6 Å². The van der Waals surface area contributed by atoms with Crippen molar-refractivity contribution >= 4 is 28.5 Å². The van der Waals surface area contributed by atoms with Gasteiger partial charge in [0.2, 0.25) is 0 Å². The monoisotopic (exact) mass is 527 g/mol. The molecule has 2 amide bonds. The minimum atomic E-state index is -0.288. The minimum absolute atomic E-state index is 0.0665. The largest absolute Gasteiger partial charge is 0.346 e. The van der Waals surface area contributed by atoms with Gasteiger partial charge in [-0.25, -0.2) is 9.97 Å². The summed E-state index contributed by atoms with van der Waals surface area (Å²) in [7, 11) is 0. The van der Waals surface area contributed by atoms with Crippen LogP contribution in [0.1, 0.15) is 27.3 Å². The fourth-order valence-corrected chi connectivity index (χ4v) is 5.24. The molecule has 2 aromatic carbocycles. The first kappa shape index (κ1) is 23.8. The van der Waals surface area contributed by atoms with Gasteiger partial charge < -0.3 is 19.6 Å². The standard InChI is InChI=1S/C31H25N7O2/c39-30(28-23(9-6-14-32-28)29-35-24-10-1-2-11-25(24)36-29)33-22-13-16-38(18-22)31(40)21-8-5-7-20(17-21)26-19-37-15-4-3-12-27(37)34-26/h1-12,14-15,17,19,22H,13,16,18H2,(H,33,39)(H,35,36). The van der Waals surface area contributed by atoms with E-state index in [-0.39, 0.29) is 17.9 Å². The number of H-pyrrole nitrogens is 1. The van der Waals surface area contributed by atoms with Gasteiger partial charge in [-0.15, -0.1) is 0 Å². The number of carbonyl (C=O) groups excluding carboxylic acids is 2. The van der Waals surface area contributed by atoms with Gasteiger partial charge in [-0.2, -0.15) is 0 Å². The lowest BCUT2D eigenvalue weighted by Crippen LogP contribution is -2.39. The number of fused-ring (bicyclic) bond motifs is 2. The van der Waals surface area contributed by atoms with Gasteiger partial charge in [0.05, 0.1) is 16.7 Å². The van der Waals surface area contributed by atoms with E-state index in [0.29, 0.717) is 42.2 Å². The maximum absolute atomic E-state index is 13.4. The van der Waals surface area contributed by atoms with E-state index in [4.69, 9.17) is 0 Å². The highest BCUT2D eigenvalue weighted by Crippen LogP contribution is 2.24. The zero-order valence-corrected chi connectivity index (χ0v) is 21.5. The van der Waals surface area contributed by atoms with Crippen molar-refractivity contribution in [3.05, 3.63) is 109 Å². The van der Waals surface area contributed by atoms with Crippen molar-refractivity contribution in [3.63, 3.8) is 0 Å². The highest BCUT2D eigenvalue weighted by molar-refractivity contribution is 5.99. The molecule has 5 heterocycles. The highest BCUT2D eigenvalue weighted by atomic mass is 16.2. The number of nitrogens with zero attached hydrogens (tertiary/aromatic N) is 5. The Bertz CT molecular complexity index is 1820. The fraction of sp³-hybridized carbons (Fsp3) is 0.129. The summed E-state index contributed by atoms with van der Waals surface area (Å²) < 4.78 is 1.96. The van der Waals surface area contributed by atoms with Gasteiger partial charge >= 0.3 is 0 Å². The molecule has 2 N–H and O–H groups in total. The summed E-state index contributed by atoms with van der Waals surface area (Å²) in [6.07, 6.45) is 6.17. The van der Waals surface area contributed by atoms with Gasteiger partial charge in [-0.1, -0.05) is 30.3 Å². The Kier molecular flexibility index (Phi) is 5.81. The number of rotatable bonds is 5. The first-order valence-electron chi connectivity index (χ1n) is 13.2. The second-order valence-electron chi connectivity index (χ2n) is 9.89. The average Bonchev–Trinajstić information content (AvgIpc) is 3.75. The summed E-state index contributed by atoms with van der Waals surface area (Å²) in [6.45, 7) is 0.983. The van der Waals surface area contributed by atoms with E-state index in [0.717, 1.165) is 27.9 Å². The Morgan fingerprint density at radius 3 is 2.75 bits per heavy atom. The van der Waals surface area contributed by atoms with Crippen molar-refractivity contribution in [2.75, 3.05) is 13.1 Å².